The molecule has 0 spiro atoms. The van der Waals surface area contributed by atoms with Crippen molar-refractivity contribution in [2.24, 2.45) is 5.73 Å². The molecule has 1 rings (SSSR count). The van der Waals surface area contributed by atoms with Crippen LogP contribution in [0.4, 0.5) is 0 Å². The van der Waals surface area contributed by atoms with Gasteiger partial charge in [0.25, 0.3) is 0 Å². The van der Waals surface area contributed by atoms with Gasteiger partial charge in [0.1, 0.15) is 0 Å². The van der Waals surface area contributed by atoms with Crippen molar-refractivity contribution >= 4 is 28.3 Å². The van der Waals surface area contributed by atoms with Crippen LogP contribution in [0.3, 0.4) is 0 Å². The summed E-state index contributed by atoms with van der Waals surface area (Å²) in [6.45, 7) is 4.29. The summed E-state index contributed by atoms with van der Waals surface area (Å²) in [5.41, 5.74) is 8.20. The fourth-order valence-electron chi connectivity index (χ4n) is 1.85. The summed E-state index contributed by atoms with van der Waals surface area (Å²) in [6, 6.07) is 7.63. The summed E-state index contributed by atoms with van der Waals surface area (Å²) < 4.78 is 23.5. The SMILES string of the molecule is CC(C)c1ccc(C(N)CNC(=O)CN(C)S(C)(=O)=O)cc1.Cl. The number of nitrogens with zero attached hydrogens (tertiary/aromatic N) is 1. The molecule has 6 nitrogen and oxygen atoms in total. The van der Waals surface area contributed by atoms with Gasteiger partial charge in [0.05, 0.1) is 12.8 Å². The molecule has 3 N–H and O–H groups in total. The molecule has 1 atom stereocenters. The summed E-state index contributed by atoms with van der Waals surface area (Å²) in [7, 11) is -2.00. The van der Waals surface area contributed by atoms with E-state index in [-0.39, 0.29) is 37.4 Å². The summed E-state index contributed by atoms with van der Waals surface area (Å²) in [5.74, 6) is 0.0821. The van der Waals surface area contributed by atoms with Crippen LogP contribution in [0.2, 0.25) is 0 Å². The van der Waals surface area contributed by atoms with E-state index in [0.717, 1.165) is 16.1 Å². The molecule has 0 radical (unpaired) electrons. The molecule has 1 aromatic carbocycles. The third-order valence-corrected chi connectivity index (χ3v) is 4.74. The average molecular weight is 364 g/mol. The molecule has 23 heavy (non-hydrogen) atoms. The van der Waals surface area contributed by atoms with Gasteiger partial charge in [-0.2, -0.15) is 4.31 Å². The zero-order valence-electron chi connectivity index (χ0n) is 13.9. The van der Waals surface area contributed by atoms with Gasteiger partial charge in [-0.1, -0.05) is 38.1 Å². The maximum Gasteiger partial charge on any atom is 0.235 e. The lowest BCUT2D eigenvalue weighted by Crippen LogP contribution is -2.40. The van der Waals surface area contributed by atoms with Crippen LogP contribution in [-0.4, -0.2) is 45.0 Å². The van der Waals surface area contributed by atoms with Crippen LogP contribution in [0, 0.1) is 0 Å². The largest absolute Gasteiger partial charge is 0.353 e. The Bertz CT molecular complexity index is 603. The minimum atomic E-state index is -3.36. The number of sulfonamides is 1. The predicted octanol–water partition coefficient (Wildman–Crippen LogP) is 1.24. The summed E-state index contributed by atoms with van der Waals surface area (Å²) in [6.07, 6.45) is 1.06. The Labute approximate surface area is 144 Å². The lowest BCUT2D eigenvalue weighted by Gasteiger charge is -2.17. The van der Waals surface area contributed by atoms with Gasteiger partial charge >= 0.3 is 0 Å². The molecule has 0 saturated carbocycles. The number of hydrogen-bond acceptors (Lipinski definition) is 4. The van der Waals surface area contributed by atoms with Gasteiger partial charge in [0.15, 0.2) is 0 Å². The number of nitrogens with one attached hydrogen (secondary N) is 1. The summed E-state index contributed by atoms with van der Waals surface area (Å²) in [5, 5.41) is 2.65. The number of halogens is 1. The van der Waals surface area contributed by atoms with Crippen molar-refractivity contribution in [2.75, 3.05) is 26.4 Å². The molecule has 1 unspecified atom stereocenters. The van der Waals surface area contributed by atoms with Gasteiger partial charge in [-0.15, -0.1) is 12.4 Å². The van der Waals surface area contributed by atoms with E-state index in [9.17, 15) is 13.2 Å². The summed E-state index contributed by atoms with van der Waals surface area (Å²) in [4.78, 5) is 11.7. The molecule has 0 bridgehead atoms. The second kappa shape index (κ2) is 9.22. The van der Waals surface area contributed by atoms with Crippen molar-refractivity contribution in [3.63, 3.8) is 0 Å². The van der Waals surface area contributed by atoms with Crippen molar-refractivity contribution in [1.82, 2.24) is 9.62 Å². The molecule has 0 aliphatic carbocycles. The molecule has 132 valence electrons. The van der Waals surface area contributed by atoms with Gasteiger partial charge < -0.3 is 11.1 Å². The number of carbonyl (C=O) groups excluding carboxylic acids is 1. The first-order valence-corrected chi connectivity index (χ1v) is 8.99. The van der Waals surface area contributed by atoms with E-state index in [1.807, 2.05) is 24.3 Å². The van der Waals surface area contributed by atoms with Crippen LogP contribution in [0.1, 0.15) is 36.9 Å². The maximum atomic E-state index is 11.7. The van der Waals surface area contributed by atoms with E-state index < -0.39 is 10.0 Å². The standard InChI is InChI=1S/C15H25N3O3S.ClH/c1-11(2)12-5-7-13(8-6-12)14(16)9-17-15(19)10-18(3)22(4,20)21;/h5-8,11,14H,9-10,16H2,1-4H3,(H,17,19);1H. The molecule has 0 aromatic heterocycles. The van der Waals surface area contributed by atoms with Gasteiger partial charge in [0.2, 0.25) is 15.9 Å². The van der Waals surface area contributed by atoms with Crippen LogP contribution < -0.4 is 11.1 Å². The highest BCUT2D eigenvalue weighted by Gasteiger charge is 2.16. The highest BCUT2D eigenvalue weighted by Crippen LogP contribution is 2.17. The van der Waals surface area contributed by atoms with Crippen LogP contribution in [0.25, 0.3) is 0 Å². The van der Waals surface area contributed by atoms with Gasteiger partial charge in [-0.25, -0.2) is 8.42 Å². The van der Waals surface area contributed by atoms with Crippen molar-refractivity contribution in [1.29, 1.82) is 0 Å². The maximum absolute atomic E-state index is 11.7. The Morgan fingerprint density at radius 3 is 2.13 bits per heavy atom. The lowest BCUT2D eigenvalue weighted by atomic mass is 9.99. The number of likely N-dealkylation sites (N-methyl/N-ethyl adjacent to an activating group) is 1. The molecule has 0 fully saturated rings. The minimum Gasteiger partial charge on any atom is -0.353 e. The third kappa shape index (κ3) is 7.30. The highest BCUT2D eigenvalue weighted by atomic mass is 35.5. The van der Waals surface area contributed by atoms with E-state index >= 15 is 0 Å². The van der Waals surface area contributed by atoms with Crippen molar-refractivity contribution < 1.29 is 13.2 Å². The molecular formula is C15H26ClN3O3S. The van der Waals surface area contributed by atoms with Crippen LogP contribution >= 0.6 is 12.4 Å². The molecule has 0 saturated heterocycles. The average Bonchev–Trinajstić information content (AvgIpc) is 2.43. The van der Waals surface area contributed by atoms with E-state index in [4.69, 9.17) is 5.73 Å². The molecule has 0 aliphatic rings. The normalized spacial score (nSPS) is 12.8. The van der Waals surface area contributed by atoms with E-state index in [0.29, 0.717) is 5.92 Å². The third-order valence-electron chi connectivity index (χ3n) is 3.48. The van der Waals surface area contributed by atoms with Crippen molar-refractivity contribution in [3.05, 3.63) is 35.4 Å². The van der Waals surface area contributed by atoms with Gasteiger partial charge in [0, 0.05) is 19.6 Å². The molecule has 1 amide bonds. The zero-order chi connectivity index (χ0) is 16.9. The first kappa shape index (κ1) is 21.9. The van der Waals surface area contributed by atoms with Gasteiger partial charge in [-0.05, 0) is 17.0 Å². The lowest BCUT2D eigenvalue weighted by molar-refractivity contribution is -0.121. The number of rotatable bonds is 7. The predicted molar refractivity (Wildman–Crippen MR) is 95.2 cm³/mol. The molecule has 1 aromatic rings. The Kier molecular flexibility index (Phi) is 8.76. The van der Waals surface area contributed by atoms with Crippen LogP contribution in [0.5, 0.6) is 0 Å². The highest BCUT2D eigenvalue weighted by molar-refractivity contribution is 7.88. The second-order valence-electron chi connectivity index (χ2n) is 5.75. The smallest absolute Gasteiger partial charge is 0.235 e. The first-order chi connectivity index (χ1) is 10.1. The molecular weight excluding hydrogens is 338 g/mol. The van der Waals surface area contributed by atoms with Crippen LogP contribution in [-0.2, 0) is 14.8 Å². The topological polar surface area (TPSA) is 92.5 Å². The number of benzene rings is 1. The van der Waals surface area contributed by atoms with Gasteiger partial charge in [-0.3, -0.25) is 4.79 Å². The van der Waals surface area contributed by atoms with Crippen molar-refractivity contribution in [2.45, 2.75) is 25.8 Å². The Hall–Kier alpha value is -1.15. The first-order valence-electron chi connectivity index (χ1n) is 7.14. The summed E-state index contributed by atoms with van der Waals surface area (Å²) >= 11 is 0. The minimum absolute atomic E-state index is 0. The van der Waals surface area contributed by atoms with E-state index in [1.54, 1.807) is 0 Å². The number of hydrogen-bond donors (Lipinski definition) is 2. The quantitative estimate of drug-likeness (QED) is 0.762. The molecule has 8 heteroatoms. The Balaban J connectivity index is 0.00000484. The molecule has 0 aliphatic heterocycles. The monoisotopic (exact) mass is 363 g/mol. The van der Waals surface area contributed by atoms with Crippen molar-refractivity contribution in [3.8, 4) is 0 Å². The molecule has 0 heterocycles. The van der Waals surface area contributed by atoms with E-state index in [1.165, 1.54) is 12.6 Å². The zero-order valence-corrected chi connectivity index (χ0v) is 15.6. The Morgan fingerprint density at radius 1 is 1.22 bits per heavy atom. The fraction of sp³-hybridized carbons (Fsp3) is 0.533. The number of carbonyl (C=O) groups is 1. The number of nitrogens with two attached hydrogens (primary N) is 1. The Morgan fingerprint density at radius 2 is 1.70 bits per heavy atom. The second-order valence-corrected chi connectivity index (χ2v) is 7.84. The van der Waals surface area contributed by atoms with E-state index in [2.05, 4.69) is 19.2 Å². The number of amides is 1. The van der Waals surface area contributed by atoms with Crippen LogP contribution in [0.15, 0.2) is 24.3 Å². The fourth-order valence-corrected chi connectivity index (χ4v) is 2.20.